The molecule has 1 amide bonds. The molecule has 2 aliphatic rings. The molecular weight excluding hydrogens is 202 g/mol. The minimum atomic E-state index is -0.147. The van der Waals surface area contributed by atoms with Gasteiger partial charge < -0.3 is 11.1 Å². The first kappa shape index (κ1) is 11.9. The third kappa shape index (κ3) is 2.95. The lowest BCUT2D eigenvalue weighted by Crippen LogP contribution is -2.51. The normalized spacial score (nSPS) is 29.1. The van der Waals surface area contributed by atoms with E-state index in [-0.39, 0.29) is 5.91 Å². The number of piperidine rings is 2. The minimum absolute atomic E-state index is 0.147. The Morgan fingerprint density at radius 3 is 2.69 bits per heavy atom. The number of likely N-dealkylation sites (tertiary alicyclic amines) is 1. The monoisotopic (exact) mass is 225 g/mol. The third-order valence-electron chi connectivity index (χ3n) is 3.89. The summed E-state index contributed by atoms with van der Waals surface area (Å²) in [5, 5.41) is 3.39. The fourth-order valence-corrected chi connectivity index (χ4v) is 3.09. The van der Waals surface area contributed by atoms with Crippen molar-refractivity contribution in [1.29, 1.82) is 0 Å². The molecule has 0 unspecified atom stereocenters. The maximum atomic E-state index is 11.1. The fourth-order valence-electron chi connectivity index (χ4n) is 3.09. The van der Waals surface area contributed by atoms with E-state index in [0.29, 0.717) is 18.5 Å². The van der Waals surface area contributed by atoms with Crippen molar-refractivity contribution in [2.45, 2.75) is 50.6 Å². The van der Waals surface area contributed by atoms with E-state index >= 15 is 0 Å². The highest BCUT2D eigenvalue weighted by Crippen LogP contribution is 2.25. The molecule has 4 heteroatoms. The SMILES string of the molecule is NC(=O)C[C@H]1CCCCN1C1CCNCC1. The van der Waals surface area contributed by atoms with Crippen LogP contribution in [0.5, 0.6) is 0 Å². The van der Waals surface area contributed by atoms with E-state index in [4.69, 9.17) is 5.73 Å². The van der Waals surface area contributed by atoms with Gasteiger partial charge in [0.05, 0.1) is 0 Å². The summed E-state index contributed by atoms with van der Waals surface area (Å²) in [5.74, 6) is -0.147. The largest absolute Gasteiger partial charge is 0.370 e. The summed E-state index contributed by atoms with van der Waals surface area (Å²) in [6.45, 7) is 3.39. The van der Waals surface area contributed by atoms with Crippen LogP contribution in [0.1, 0.15) is 38.5 Å². The van der Waals surface area contributed by atoms with E-state index in [1.165, 1.54) is 25.7 Å². The van der Waals surface area contributed by atoms with Gasteiger partial charge in [0, 0.05) is 18.5 Å². The van der Waals surface area contributed by atoms with Crippen LogP contribution in [0.15, 0.2) is 0 Å². The predicted octanol–water partition coefficient (Wildman–Crippen LogP) is 0.468. The Balaban J connectivity index is 1.94. The van der Waals surface area contributed by atoms with Crippen molar-refractivity contribution < 1.29 is 4.79 Å². The summed E-state index contributed by atoms with van der Waals surface area (Å²) in [4.78, 5) is 13.6. The molecule has 0 saturated carbocycles. The molecule has 2 rings (SSSR count). The number of primary amides is 1. The zero-order chi connectivity index (χ0) is 11.4. The van der Waals surface area contributed by atoms with Gasteiger partial charge in [0.25, 0.3) is 0 Å². The Kier molecular flexibility index (Phi) is 4.18. The molecule has 0 aromatic carbocycles. The van der Waals surface area contributed by atoms with E-state index in [0.717, 1.165) is 26.1 Å². The highest BCUT2D eigenvalue weighted by Gasteiger charge is 2.30. The van der Waals surface area contributed by atoms with Gasteiger partial charge in [0.1, 0.15) is 0 Å². The molecule has 0 spiro atoms. The molecule has 16 heavy (non-hydrogen) atoms. The van der Waals surface area contributed by atoms with Gasteiger partial charge in [-0.25, -0.2) is 0 Å². The van der Waals surface area contributed by atoms with Crippen molar-refractivity contribution in [2.75, 3.05) is 19.6 Å². The quantitative estimate of drug-likeness (QED) is 0.734. The first-order valence-corrected chi connectivity index (χ1v) is 6.52. The molecule has 92 valence electrons. The lowest BCUT2D eigenvalue weighted by atomic mass is 9.94. The summed E-state index contributed by atoms with van der Waals surface area (Å²) in [6, 6.07) is 1.08. The number of rotatable bonds is 3. The number of hydrogen-bond donors (Lipinski definition) is 2. The highest BCUT2D eigenvalue weighted by atomic mass is 16.1. The molecule has 0 aliphatic carbocycles. The molecule has 2 aliphatic heterocycles. The van der Waals surface area contributed by atoms with Crippen molar-refractivity contribution >= 4 is 5.91 Å². The second kappa shape index (κ2) is 5.64. The standard InChI is InChI=1S/C12H23N3O/c13-12(16)9-11-3-1-2-8-15(11)10-4-6-14-7-5-10/h10-11,14H,1-9H2,(H2,13,16)/t11-/m1/s1. The average Bonchev–Trinajstić information content (AvgIpc) is 2.30. The summed E-state index contributed by atoms with van der Waals surface area (Å²) >= 11 is 0. The Hall–Kier alpha value is -0.610. The first-order valence-electron chi connectivity index (χ1n) is 6.52. The van der Waals surface area contributed by atoms with Crippen molar-refractivity contribution in [3.8, 4) is 0 Å². The molecule has 1 atom stereocenters. The number of hydrogen-bond acceptors (Lipinski definition) is 3. The zero-order valence-corrected chi connectivity index (χ0v) is 9.95. The summed E-state index contributed by atoms with van der Waals surface area (Å²) in [7, 11) is 0. The Morgan fingerprint density at radius 1 is 1.25 bits per heavy atom. The third-order valence-corrected chi connectivity index (χ3v) is 3.89. The Labute approximate surface area is 97.6 Å². The lowest BCUT2D eigenvalue weighted by Gasteiger charge is -2.42. The van der Waals surface area contributed by atoms with Crippen molar-refractivity contribution in [2.24, 2.45) is 5.73 Å². The van der Waals surface area contributed by atoms with Crippen molar-refractivity contribution in [1.82, 2.24) is 10.2 Å². The van der Waals surface area contributed by atoms with Gasteiger partial charge in [0.2, 0.25) is 5.91 Å². The van der Waals surface area contributed by atoms with Gasteiger partial charge in [-0.3, -0.25) is 9.69 Å². The molecule has 0 radical (unpaired) electrons. The van der Waals surface area contributed by atoms with Gasteiger partial charge in [-0.15, -0.1) is 0 Å². The minimum Gasteiger partial charge on any atom is -0.370 e. The van der Waals surface area contributed by atoms with Crippen LogP contribution in [-0.2, 0) is 4.79 Å². The van der Waals surface area contributed by atoms with Crippen LogP contribution in [0.3, 0.4) is 0 Å². The summed E-state index contributed by atoms with van der Waals surface area (Å²) in [5.41, 5.74) is 5.34. The number of nitrogens with one attached hydrogen (secondary N) is 1. The van der Waals surface area contributed by atoms with Crippen LogP contribution in [0.4, 0.5) is 0 Å². The summed E-state index contributed by atoms with van der Waals surface area (Å²) < 4.78 is 0. The number of nitrogens with two attached hydrogens (primary N) is 1. The Bertz CT molecular complexity index is 238. The van der Waals surface area contributed by atoms with Crippen LogP contribution >= 0.6 is 0 Å². The number of amides is 1. The first-order chi connectivity index (χ1) is 7.77. The van der Waals surface area contributed by atoms with E-state index in [1.807, 2.05) is 0 Å². The molecular formula is C12H23N3O. The maximum absolute atomic E-state index is 11.1. The molecule has 0 aromatic rings. The van der Waals surface area contributed by atoms with E-state index in [2.05, 4.69) is 10.2 Å². The van der Waals surface area contributed by atoms with Crippen LogP contribution in [0.2, 0.25) is 0 Å². The van der Waals surface area contributed by atoms with Crippen LogP contribution in [-0.4, -0.2) is 42.5 Å². The van der Waals surface area contributed by atoms with Crippen LogP contribution < -0.4 is 11.1 Å². The van der Waals surface area contributed by atoms with Crippen molar-refractivity contribution in [3.05, 3.63) is 0 Å². The molecule has 2 saturated heterocycles. The highest BCUT2D eigenvalue weighted by molar-refractivity contribution is 5.74. The second-order valence-electron chi connectivity index (χ2n) is 5.04. The number of carbonyl (C=O) groups is 1. The van der Waals surface area contributed by atoms with Gasteiger partial charge in [-0.2, -0.15) is 0 Å². The maximum Gasteiger partial charge on any atom is 0.218 e. The van der Waals surface area contributed by atoms with Gasteiger partial charge in [-0.05, 0) is 45.3 Å². The second-order valence-corrected chi connectivity index (χ2v) is 5.04. The molecule has 0 bridgehead atoms. The lowest BCUT2D eigenvalue weighted by molar-refractivity contribution is -0.119. The predicted molar refractivity (Wildman–Crippen MR) is 64.0 cm³/mol. The van der Waals surface area contributed by atoms with Crippen LogP contribution in [0.25, 0.3) is 0 Å². The molecule has 4 nitrogen and oxygen atoms in total. The topological polar surface area (TPSA) is 58.4 Å². The zero-order valence-electron chi connectivity index (χ0n) is 9.95. The average molecular weight is 225 g/mol. The molecule has 3 N–H and O–H groups in total. The smallest absolute Gasteiger partial charge is 0.218 e. The number of nitrogens with zero attached hydrogens (tertiary/aromatic N) is 1. The van der Waals surface area contributed by atoms with Gasteiger partial charge in [0.15, 0.2) is 0 Å². The molecule has 2 fully saturated rings. The molecule has 0 aromatic heterocycles. The van der Waals surface area contributed by atoms with Crippen molar-refractivity contribution in [3.63, 3.8) is 0 Å². The van der Waals surface area contributed by atoms with E-state index in [9.17, 15) is 4.79 Å². The van der Waals surface area contributed by atoms with E-state index < -0.39 is 0 Å². The molecule has 2 heterocycles. The van der Waals surface area contributed by atoms with Gasteiger partial charge >= 0.3 is 0 Å². The van der Waals surface area contributed by atoms with E-state index in [1.54, 1.807) is 0 Å². The van der Waals surface area contributed by atoms with Crippen LogP contribution in [0, 0.1) is 0 Å². The fraction of sp³-hybridized carbons (Fsp3) is 0.917. The Morgan fingerprint density at radius 2 is 2.00 bits per heavy atom. The summed E-state index contributed by atoms with van der Waals surface area (Å²) in [6.07, 6.45) is 6.65. The van der Waals surface area contributed by atoms with Gasteiger partial charge in [-0.1, -0.05) is 6.42 Å². The number of carbonyl (C=O) groups excluding carboxylic acids is 1.